The third-order valence-electron chi connectivity index (χ3n) is 6.44. The van der Waals surface area contributed by atoms with Crippen molar-refractivity contribution in [1.82, 2.24) is 29.4 Å². The number of carbonyl (C=O) groups excluding carboxylic acids is 1. The van der Waals surface area contributed by atoms with E-state index in [9.17, 15) is 18.0 Å². The maximum Gasteiger partial charge on any atom is 0.435 e. The molecule has 1 unspecified atom stereocenters. The zero-order valence-electron chi connectivity index (χ0n) is 19.6. The quantitative estimate of drug-likeness (QED) is 0.437. The summed E-state index contributed by atoms with van der Waals surface area (Å²) >= 11 is 0. The lowest BCUT2D eigenvalue weighted by atomic mass is 9.96. The smallest absolute Gasteiger partial charge is 0.435 e. The summed E-state index contributed by atoms with van der Waals surface area (Å²) in [5, 5.41) is 9.05. The maximum atomic E-state index is 13.4. The topological polar surface area (TPSA) is 78.1 Å². The average Bonchev–Trinajstić information content (AvgIpc) is 3.37. The van der Waals surface area contributed by atoms with Crippen molar-refractivity contribution < 1.29 is 22.7 Å². The van der Waals surface area contributed by atoms with Crippen LogP contribution in [0.5, 0.6) is 5.88 Å². The molecule has 182 valence electrons. The largest absolute Gasteiger partial charge is 0.481 e. The number of hydrogen-bond donors (Lipinski definition) is 0. The van der Waals surface area contributed by atoms with Crippen molar-refractivity contribution in [1.29, 1.82) is 0 Å². The highest BCUT2D eigenvalue weighted by atomic mass is 19.4. The number of carbonyl (C=O) groups is 1. The number of ether oxygens (including phenoxy) is 1. The number of alkyl halides is 3. The number of aromatic nitrogens is 5. The number of halogens is 3. The van der Waals surface area contributed by atoms with Crippen molar-refractivity contribution in [3.63, 3.8) is 0 Å². The highest BCUT2D eigenvalue weighted by molar-refractivity contribution is 5.98. The van der Waals surface area contributed by atoms with Crippen molar-refractivity contribution in [3.05, 3.63) is 58.9 Å². The van der Waals surface area contributed by atoms with E-state index in [0.29, 0.717) is 41.5 Å². The Morgan fingerprint density at radius 3 is 2.54 bits per heavy atom. The molecule has 0 fully saturated rings. The number of methoxy groups -OCH3 is 1. The molecule has 1 aliphatic rings. The van der Waals surface area contributed by atoms with Gasteiger partial charge in [-0.25, -0.2) is 4.98 Å². The minimum Gasteiger partial charge on any atom is -0.481 e. The molecule has 1 aliphatic heterocycles. The van der Waals surface area contributed by atoms with Gasteiger partial charge >= 0.3 is 6.18 Å². The summed E-state index contributed by atoms with van der Waals surface area (Å²) in [6.07, 6.45) is -4.07. The minimum absolute atomic E-state index is 0.145. The third kappa shape index (κ3) is 3.80. The van der Waals surface area contributed by atoms with Gasteiger partial charge in [0, 0.05) is 43.2 Å². The van der Waals surface area contributed by atoms with Gasteiger partial charge in [-0.1, -0.05) is 0 Å². The molecule has 0 saturated heterocycles. The molecule has 1 atom stereocenters. The molecule has 1 amide bonds. The predicted molar refractivity (Wildman–Crippen MR) is 122 cm³/mol. The second kappa shape index (κ2) is 8.10. The fourth-order valence-electron chi connectivity index (χ4n) is 4.69. The van der Waals surface area contributed by atoms with Gasteiger partial charge in [0.1, 0.15) is 0 Å². The molecule has 3 aromatic heterocycles. The number of amides is 1. The summed E-state index contributed by atoms with van der Waals surface area (Å²) in [5.74, 6) is 0.350. The van der Waals surface area contributed by atoms with E-state index in [-0.39, 0.29) is 11.9 Å². The molecule has 0 radical (unpaired) electrons. The average molecular weight is 484 g/mol. The van der Waals surface area contributed by atoms with Crippen molar-refractivity contribution in [2.24, 2.45) is 14.1 Å². The monoisotopic (exact) mass is 484 g/mol. The van der Waals surface area contributed by atoms with Crippen LogP contribution in [0.1, 0.15) is 40.3 Å². The maximum absolute atomic E-state index is 13.4. The van der Waals surface area contributed by atoms with Gasteiger partial charge in [-0.2, -0.15) is 23.4 Å². The first-order valence-corrected chi connectivity index (χ1v) is 11.0. The molecular weight excluding hydrogens is 461 g/mol. The van der Waals surface area contributed by atoms with Crippen LogP contribution in [0.4, 0.5) is 13.2 Å². The molecular formula is C24H23F3N6O2. The molecule has 0 bridgehead atoms. The van der Waals surface area contributed by atoms with E-state index in [1.807, 2.05) is 13.0 Å². The van der Waals surface area contributed by atoms with Crippen molar-refractivity contribution in [2.75, 3.05) is 13.7 Å². The van der Waals surface area contributed by atoms with Gasteiger partial charge in [0.25, 0.3) is 5.91 Å². The van der Waals surface area contributed by atoms with Crippen molar-refractivity contribution in [3.8, 4) is 17.3 Å². The fourth-order valence-corrected chi connectivity index (χ4v) is 4.69. The van der Waals surface area contributed by atoms with E-state index in [1.54, 1.807) is 48.0 Å². The summed E-state index contributed by atoms with van der Waals surface area (Å²) in [4.78, 5) is 19.5. The zero-order chi connectivity index (χ0) is 25.1. The molecule has 0 aliphatic carbocycles. The fraction of sp³-hybridized carbons (Fsp3) is 0.333. The molecule has 0 N–H and O–H groups in total. The van der Waals surface area contributed by atoms with Crippen LogP contribution in [0.15, 0.2) is 36.4 Å². The Kier molecular flexibility index (Phi) is 5.30. The number of rotatable bonds is 3. The first kappa shape index (κ1) is 22.9. The van der Waals surface area contributed by atoms with E-state index >= 15 is 0 Å². The lowest BCUT2D eigenvalue weighted by Gasteiger charge is -2.33. The van der Waals surface area contributed by atoms with Crippen LogP contribution in [0.2, 0.25) is 0 Å². The first-order chi connectivity index (χ1) is 16.6. The predicted octanol–water partition coefficient (Wildman–Crippen LogP) is 4.16. The Morgan fingerprint density at radius 1 is 1.09 bits per heavy atom. The molecule has 35 heavy (non-hydrogen) atoms. The molecule has 4 aromatic rings. The molecule has 11 heteroatoms. The first-order valence-electron chi connectivity index (χ1n) is 11.0. The van der Waals surface area contributed by atoms with Crippen LogP contribution in [-0.2, 0) is 26.7 Å². The van der Waals surface area contributed by atoms with E-state index < -0.39 is 11.9 Å². The Balaban J connectivity index is 1.47. The van der Waals surface area contributed by atoms with Gasteiger partial charge in [0.15, 0.2) is 5.69 Å². The molecule has 0 saturated carbocycles. The summed E-state index contributed by atoms with van der Waals surface area (Å²) in [6.45, 7) is 2.29. The zero-order valence-corrected chi connectivity index (χ0v) is 19.6. The molecule has 5 rings (SSSR count). The van der Waals surface area contributed by atoms with E-state index in [4.69, 9.17) is 4.74 Å². The van der Waals surface area contributed by atoms with Crippen LogP contribution < -0.4 is 4.74 Å². The molecule has 4 heterocycles. The van der Waals surface area contributed by atoms with Gasteiger partial charge in [-0.05, 0) is 43.7 Å². The van der Waals surface area contributed by atoms with Crippen molar-refractivity contribution in [2.45, 2.75) is 25.6 Å². The normalized spacial score (nSPS) is 16.0. The van der Waals surface area contributed by atoms with E-state index in [2.05, 4.69) is 15.2 Å². The summed E-state index contributed by atoms with van der Waals surface area (Å²) in [5.41, 5.74) is 2.71. The van der Waals surface area contributed by atoms with Crippen LogP contribution in [-0.4, -0.2) is 49.0 Å². The van der Waals surface area contributed by atoms with Gasteiger partial charge in [0.2, 0.25) is 5.88 Å². The second-order valence-electron chi connectivity index (χ2n) is 8.56. The highest BCUT2D eigenvalue weighted by Crippen LogP contribution is 2.38. The van der Waals surface area contributed by atoms with Crippen LogP contribution in [0.3, 0.4) is 0 Å². The Labute approximate surface area is 198 Å². The summed E-state index contributed by atoms with van der Waals surface area (Å²) in [7, 11) is 4.72. The molecule has 0 spiro atoms. The van der Waals surface area contributed by atoms with Gasteiger partial charge in [-0.3, -0.25) is 14.2 Å². The van der Waals surface area contributed by atoms with Crippen LogP contribution in [0.25, 0.3) is 22.3 Å². The highest BCUT2D eigenvalue weighted by Gasteiger charge is 2.37. The number of nitrogens with zero attached hydrogens (tertiary/aromatic N) is 6. The number of fused-ring (bicyclic) bond motifs is 2. The lowest BCUT2D eigenvalue weighted by Crippen LogP contribution is -2.38. The standard InChI is InChI=1S/C24H23F3N6O2/c1-13-21-16(22(32(3)30-21)18-12-19(24(25,26)27)29-31(18)2)9-10-33(13)23(34)15-5-7-17-14(11-15)6-8-20(28-17)35-4/h5-8,11-13H,9-10H2,1-4H3. The van der Waals surface area contributed by atoms with Crippen LogP contribution >= 0.6 is 0 Å². The van der Waals surface area contributed by atoms with E-state index in [0.717, 1.165) is 22.5 Å². The molecule has 8 nitrogen and oxygen atoms in total. The van der Waals surface area contributed by atoms with Crippen molar-refractivity contribution >= 4 is 16.8 Å². The third-order valence-corrected chi connectivity index (χ3v) is 6.44. The number of hydrogen-bond acceptors (Lipinski definition) is 5. The SMILES string of the molecule is COc1ccc2cc(C(=O)N3CCc4c(nn(C)c4-c4cc(C(F)(F)F)nn4C)C3C)ccc2n1. The lowest BCUT2D eigenvalue weighted by molar-refractivity contribution is -0.141. The number of benzene rings is 1. The Hall–Kier alpha value is -3.89. The van der Waals surface area contributed by atoms with Gasteiger partial charge in [-0.15, -0.1) is 0 Å². The van der Waals surface area contributed by atoms with Gasteiger partial charge < -0.3 is 9.64 Å². The summed E-state index contributed by atoms with van der Waals surface area (Å²) in [6, 6.07) is 9.59. The van der Waals surface area contributed by atoms with Crippen LogP contribution in [0, 0.1) is 0 Å². The minimum atomic E-state index is -4.54. The number of aryl methyl sites for hydroxylation is 2. The number of pyridine rings is 1. The Morgan fingerprint density at radius 2 is 1.86 bits per heavy atom. The molecule has 1 aromatic carbocycles. The van der Waals surface area contributed by atoms with E-state index in [1.165, 1.54) is 11.7 Å². The second-order valence-corrected chi connectivity index (χ2v) is 8.56. The Bertz CT molecular complexity index is 1460. The van der Waals surface area contributed by atoms with Gasteiger partial charge in [0.05, 0.1) is 35.8 Å². The summed E-state index contributed by atoms with van der Waals surface area (Å²) < 4.78 is 47.6.